The van der Waals surface area contributed by atoms with E-state index in [0.717, 1.165) is 0 Å². The quantitative estimate of drug-likeness (QED) is 0.508. The summed E-state index contributed by atoms with van der Waals surface area (Å²) >= 11 is 0. The zero-order valence-corrected chi connectivity index (χ0v) is 15.5. The number of benzene rings is 2. The molecular formula is C20H14F4N4O2. The highest BCUT2D eigenvalue weighted by Gasteiger charge is 2.32. The van der Waals surface area contributed by atoms with Gasteiger partial charge in [-0.2, -0.15) is 5.10 Å². The van der Waals surface area contributed by atoms with Gasteiger partial charge >= 0.3 is 6.36 Å². The first-order chi connectivity index (χ1) is 14.2. The number of aromatic nitrogens is 4. The maximum atomic E-state index is 14.0. The van der Waals surface area contributed by atoms with Gasteiger partial charge in [0.2, 0.25) is 0 Å². The summed E-state index contributed by atoms with van der Waals surface area (Å²) in [6, 6.07) is 10.0. The van der Waals surface area contributed by atoms with E-state index in [1.165, 1.54) is 41.2 Å². The van der Waals surface area contributed by atoms with E-state index in [2.05, 4.69) is 19.8 Å². The normalized spacial score (nSPS) is 11.8. The number of fused-ring (bicyclic) bond motifs is 1. The Kier molecular flexibility index (Phi) is 4.76. The summed E-state index contributed by atoms with van der Waals surface area (Å²) in [5, 5.41) is 4.31. The predicted octanol–water partition coefficient (Wildman–Crippen LogP) is 4.05. The van der Waals surface area contributed by atoms with Crippen molar-refractivity contribution in [2.24, 2.45) is 0 Å². The molecule has 0 amide bonds. The van der Waals surface area contributed by atoms with Crippen LogP contribution in [0.25, 0.3) is 16.7 Å². The minimum atomic E-state index is -4.85. The number of nitrogens with zero attached hydrogens (tertiary/aromatic N) is 3. The second-order valence-corrected chi connectivity index (χ2v) is 6.52. The van der Waals surface area contributed by atoms with Gasteiger partial charge < -0.3 is 9.72 Å². The summed E-state index contributed by atoms with van der Waals surface area (Å²) in [5.41, 5.74) is 0.552. The first-order valence-electron chi connectivity index (χ1n) is 8.79. The first-order valence-corrected chi connectivity index (χ1v) is 8.79. The first kappa shape index (κ1) is 19.6. The summed E-state index contributed by atoms with van der Waals surface area (Å²) in [4.78, 5) is 19.4. The highest BCUT2D eigenvalue weighted by Crippen LogP contribution is 2.27. The van der Waals surface area contributed by atoms with Gasteiger partial charge in [0.25, 0.3) is 5.56 Å². The van der Waals surface area contributed by atoms with Crippen LogP contribution in [0, 0.1) is 12.7 Å². The van der Waals surface area contributed by atoms with Crippen LogP contribution in [0.15, 0.2) is 53.5 Å². The van der Waals surface area contributed by atoms with Crippen LogP contribution in [0.1, 0.15) is 17.0 Å². The van der Waals surface area contributed by atoms with Gasteiger partial charge in [0.05, 0.1) is 11.9 Å². The molecule has 2 heterocycles. The van der Waals surface area contributed by atoms with E-state index >= 15 is 0 Å². The van der Waals surface area contributed by atoms with Gasteiger partial charge in [-0.3, -0.25) is 4.79 Å². The molecular weight excluding hydrogens is 404 g/mol. The molecule has 4 rings (SSSR count). The van der Waals surface area contributed by atoms with Gasteiger partial charge in [0.1, 0.15) is 22.8 Å². The molecule has 2 aromatic heterocycles. The number of hydrogen-bond acceptors (Lipinski definition) is 4. The van der Waals surface area contributed by atoms with Gasteiger partial charge in [-0.05, 0) is 25.1 Å². The number of nitrogens with one attached hydrogen (secondary N) is 1. The monoisotopic (exact) mass is 418 g/mol. The third kappa shape index (κ3) is 3.76. The molecule has 0 aliphatic rings. The standard InChI is InChI=1S/C20H14F4N4O2/c1-11-14(21)6-4-7-15(11)28-18-13(10-25-28)19(29)27-17(26-18)9-12-5-2-3-8-16(12)30-20(22,23)24/h2-8,10H,9H2,1H3,(H,26,27,29). The van der Waals surface area contributed by atoms with Crippen molar-refractivity contribution < 1.29 is 22.3 Å². The lowest BCUT2D eigenvalue weighted by molar-refractivity contribution is -0.274. The average molecular weight is 418 g/mol. The molecule has 0 radical (unpaired) electrons. The van der Waals surface area contributed by atoms with Crippen molar-refractivity contribution in [2.75, 3.05) is 0 Å². The van der Waals surface area contributed by atoms with Crippen molar-refractivity contribution in [1.82, 2.24) is 19.7 Å². The largest absolute Gasteiger partial charge is 0.573 e. The maximum absolute atomic E-state index is 14.0. The van der Waals surface area contributed by atoms with Gasteiger partial charge in [-0.1, -0.05) is 24.3 Å². The van der Waals surface area contributed by atoms with E-state index < -0.39 is 17.7 Å². The van der Waals surface area contributed by atoms with Gasteiger partial charge in [-0.15, -0.1) is 13.2 Å². The Morgan fingerprint density at radius 3 is 2.67 bits per heavy atom. The number of rotatable bonds is 4. The van der Waals surface area contributed by atoms with Crippen LogP contribution in [-0.2, 0) is 6.42 Å². The number of hydrogen-bond donors (Lipinski definition) is 1. The average Bonchev–Trinajstić information content (AvgIpc) is 3.09. The fraction of sp³-hybridized carbons (Fsp3) is 0.150. The van der Waals surface area contributed by atoms with E-state index in [1.54, 1.807) is 19.1 Å². The summed E-state index contributed by atoms with van der Waals surface area (Å²) in [6.07, 6.45) is -3.67. The van der Waals surface area contributed by atoms with Crippen molar-refractivity contribution in [1.29, 1.82) is 0 Å². The minimum Gasteiger partial charge on any atom is -0.405 e. The summed E-state index contributed by atoms with van der Waals surface area (Å²) in [7, 11) is 0. The number of para-hydroxylation sites is 1. The molecule has 2 aromatic carbocycles. The maximum Gasteiger partial charge on any atom is 0.573 e. The van der Waals surface area contributed by atoms with E-state index in [9.17, 15) is 22.4 Å². The molecule has 154 valence electrons. The molecule has 1 N–H and O–H groups in total. The van der Waals surface area contributed by atoms with E-state index in [-0.39, 0.29) is 34.6 Å². The number of H-pyrrole nitrogens is 1. The Morgan fingerprint density at radius 1 is 1.13 bits per heavy atom. The molecule has 0 aliphatic carbocycles. The highest BCUT2D eigenvalue weighted by atomic mass is 19.4. The Balaban J connectivity index is 1.80. The van der Waals surface area contributed by atoms with E-state index in [4.69, 9.17) is 0 Å². The Labute approximate surface area is 166 Å². The molecule has 0 spiro atoms. The summed E-state index contributed by atoms with van der Waals surface area (Å²) < 4.78 is 57.3. The topological polar surface area (TPSA) is 72.8 Å². The number of halogens is 4. The van der Waals surface area contributed by atoms with Crippen LogP contribution in [0.3, 0.4) is 0 Å². The molecule has 0 aliphatic heterocycles. The molecule has 0 saturated carbocycles. The lowest BCUT2D eigenvalue weighted by Gasteiger charge is -2.13. The van der Waals surface area contributed by atoms with Gasteiger partial charge in [0.15, 0.2) is 5.65 Å². The van der Waals surface area contributed by atoms with Crippen molar-refractivity contribution in [2.45, 2.75) is 19.7 Å². The molecule has 0 atom stereocenters. The Bertz CT molecular complexity index is 1290. The number of alkyl halides is 3. The fourth-order valence-electron chi connectivity index (χ4n) is 3.10. The molecule has 0 bridgehead atoms. The lowest BCUT2D eigenvalue weighted by Crippen LogP contribution is -2.18. The number of ether oxygens (including phenoxy) is 1. The smallest absolute Gasteiger partial charge is 0.405 e. The SMILES string of the molecule is Cc1c(F)cccc1-n1ncc2c(=O)[nH]c(Cc3ccccc3OC(F)(F)F)nc21. The van der Waals surface area contributed by atoms with Crippen LogP contribution in [0.4, 0.5) is 17.6 Å². The zero-order chi connectivity index (χ0) is 21.5. The Morgan fingerprint density at radius 2 is 1.90 bits per heavy atom. The van der Waals surface area contributed by atoms with Crippen LogP contribution in [0.5, 0.6) is 5.75 Å². The van der Waals surface area contributed by atoms with Crippen LogP contribution >= 0.6 is 0 Å². The van der Waals surface area contributed by atoms with Crippen LogP contribution < -0.4 is 10.3 Å². The third-order valence-corrected chi connectivity index (χ3v) is 4.51. The van der Waals surface area contributed by atoms with Gasteiger partial charge in [0, 0.05) is 17.5 Å². The van der Waals surface area contributed by atoms with Crippen molar-refractivity contribution >= 4 is 11.0 Å². The lowest BCUT2D eigenvalue weighted by atomic mass is 10.1. The highest BCUT2D eigenvalue weighted by molar-refractivity contribution is 5.75. The van der Waals surface area contributed by atoms with Crippen molar-refractivity contribution in [3.63, 3.8) is 0 Å². The second kappa shape index (κ2) is 7.29. The molecule has 0 saturated heterocycles. The van der Waals surface area contributed by atoms with Gasteiger partial charge in [-0.25, -0.2) is 14.1 Å². The Hall–Kier alpha value is -3.69. The minimum absolute atomic E-state index is 0.113. The zero-order valence-electron chi connectivity index (χ0n) is 15.5. The molecule has 6 nitrogen and oxygen atoms in total. The van der Waals surface area contributed by atoms with E-state index in [0.29, 0.717) is 11.3 Å². The molecule has 0 fully saturated rings. The van der Waals surface area contributed by atoms with Crippen LogP contribution in [0.2, 0.25) is 0 Å². The summed E-state index contributed by atoms with van der Waals surface area (Å²) in [5.74, 6) is -0.719. The molecule has 30 heavy (non-hydrogen) atoms. The van der Waals surface area contributed by atoms with Crippen molar-refractivity contribution in [3.05, 3.63) is 81.8 Å². The predicted molar refractivity (Wildman–Crippen MR) is 100 cm³/mol. The molecule has 4 aromatic rings. The third-order valence-electron chi connectivity index (χ3n) is 4.51. The molecule has 0 unspecified atom stereocenters. The number of aromatic amines is 1. The summed E-state index contributed by atoms with van der Waals surface area (Å²) in [6.45, 7) is 1.57. The van der Waals surface area contributed by atoms with Crippen LogP contribution in [-0.4, -0.2) is 26.1 Å². The molecule has 10 heteroatoms. The fourth-order valence-corrected chi connectivity index (χ4v) is 3.10. The van der Waals surface area contributed by atoms with Crippen molar-refractivity contribution in [3.8, 4) is 11.4 Å². The second-order valence-electron chi connectivity index (χ2n) is 6.52. The van der Waals surface area contributed by atoms with E-state index in [1.807, 2.05) is 0 Å².